The quantitative estimate of drug-likeness (QED) is 0.717. The van der Waals surface area contributed by atoms with Crippen LogP contribution in [0.15, 0.2) is 48.5 Å². The summed E-state index contributed by atoms with van der Waals surface area (Å²) < 4.78 is 0. The van der Waals surface area contributed by atoms with Gasteiger partial charge in [0.2, 0.25) is 0 Å². The SMILES string of the molecule is c1ccc(-c2nc3c4c(cccc4n2)CCN3)cc1. The van der Waals surface area contributed by atoms with Gasteiger partial charge in [-0.3, -0.25) is 0 Å². The van der Waals surface area contributed by atoms with Crippen molar-refractivity contribution in [2.45, 2.75) is 6.42 Å². The van der Waals surface area contributed by atoms with E-state index < -0.39 is 0 Å². The van der Waals surface area contributed by atoms with E-state index in [1.54, 1.807) is 0 Å². The molecule has 92 valence electrons. The lowest BCUT2D eigenvalue weighted by atomic mass is 10.0. The zero-order valence-corrected chi connectivity index (χ0v) is 10.4. The average Bonchev–Trinajstić information content (AvgIpc) is 2.49. The summed E-state index contributed by atoms with van der Waals surface area (Å²) in [5.41, 5.74) is 3.41. The summed E-state index contributed by atoms with van der Waals surface area (Å²) in [4.78, 5) is 9.38. The molecule has 0 aliphatic carbocycles. The van der Waals surface area contributed by atoms with Crippen molar-refractivity contribution in [3.63, 3.8) is 0 Å². The second-order valence-electron chi connectivity index (χ2n) is 4.75. The Morgan fingerprint density at radius 3 is 2.68 bits per heavy atom. The van der Waals surface area contributed by atoms with Gasteiger partial charge < -0.3 is 5.32 Å². The van der Waals surface area contributed by atoms with Gasteiger partial charge in [0.05, 0.1) is 5.52 Å². The molecular weight excluding hydrogens is 234 g/mol. The molecule has 19 heavy (non-hydrogen) atoms. The second-order valence-corrected chi connectivity index (χ2v) is 4.75. The Labute approximate surface area is 111 Å². The number of nitrogens with zero attached hydrogens (tertiary/aromatic N) is 2. The lowest BCUT2D eigenvalue weighted by Crippen LogP contribution is -2.14. The van der Waals surface area contributed by atoms with Crippen molar-refractivity contribution in [1.82, 2.24) is 9.97 Å². The number of hydrogen-bond acceptors (Lipinski definition) is 3. The Bertz CT molecular complexity index is 751. The van der Waals surface area contributed by atoms with E-state index in [2.05, 4.69) is 28.5 Å². The van der Waals surface area contributed by atoms with E-state index >= 15 is 0 Å². The van der Waals surface area contributed by atoms with Gasteiger partial charge in [-0.2, -0.15) is 0 Å². The molecule has 0 fully saturated rings. The highest BCUT2D eigenvalue weighted by molar-refractivity contribution is 5.94. The standard InChI is InChI=1S/C16H13N3/c1-2-5-12(6-3-1)15-18-13-8-4-7-11-9-10-17-16(19-15)14(11)13/h1-8H,9-10H2,(H,17,18,19). The maximum absolute atomic E-state index is 4.70. The third-order valence-electron chi connectivity index (χ3n) is 3.53. The van der Waals surface area contributed by atoms with Crippen LogP contribution in [-0.4, -0.2) is 16.5 Å². The number of aromatic nitrogens is 2. The van der Waals surface area contributed by atoms with Crippen LogP contribution < -0.4 is 5.32 Å². The van der Waals surface area contributed by atoms with E-state index in [0.717, 1.165) is 35.7 Å². The highest BCUT2D eigenvalue weighted by atomic mass is 15.0. The van der Waals surface area contributed by atoms with Crippen molar-refractivity contribution >= 4 is 16.7 Å². The second kappa shape index (κ2) is 4.05. The van der Waals surface area contributed by atoms with Crippen molar-refractivity contribution in [2.75, 3.05) is 11.9 Å². The van der Waals surface area contributed by atoms with Crippen molar-refractivity contribution in [3.05, 3.63) is 54.1 Å². The highest BCUT2D eigenvalue weighted by Crippen LogP contribution is 2.30. The molecule has 3 aromatic rings. The predicted molar refractivity (Wildman–Crippen MR) is 77.2 cm³/mol. The zero-order chi connectivity index (χ0) is 12.7. The molecule has 1 aliphatic rings. The summed E-state index contributed by atoms with van der Waals surface area (Å²) in [6.07, 6.45) is 1.04. The number of benzene rings is 2. The summed E-state index contributed by atoms with van der Waals surface area (Å²) in [7, 11) is 0. The van der Waals surface area contributed by atoms with Gasteiger partial charge in [-0.05, 0) is 18.1 Å². The molecular formula is C16H13N3. The molecule has 4 rings (SSSR count). The lowest BCUT2D eigenvalue weighted by molar-refractivity contribution is 0.988. The van der Waals surface area contributed by atoms with Crippen molar-refractivity contribution < 1.29 is 0 Å². The van der Waals surface area contributed by atoms with Gasteiger partial charge in [-0.25, -0.2) is 9.97 Å². The molecule has 2 heterocycles. The topological polar surface area (TPSA) is 37.8 Å². The first-order valence-corrected chi connectivity index (χ1v) is 6.51. The van der Waals surface area contributed by atoms with Crippen molar-refractivity contribution in [1.29, 1.82) is 0 Å². The molecule has 2 aromatic carbocycles. The molecule has 0 saturated carbocycles. The van der Waals surface area contributed by atoms with Crippen LogP contribution in [0.1, 0.15) is 5.56 Å². The largest absolute Gasteiger partial charge is 0.369 e. The van der Waals surface area contributed by atoms with Crippen LogP contribution in [0.5, 0.6) is 0 Å². The first kappa shape index (κ1) is 10.5. The summed E-state index contributed by atoms with van der Waals surface area (Å²) in [6.45, 7) is 0.942. The monoisotopic (exact) mass is 247 g/mol. The van der Waals surface area contributed by atoms with Gasteiger partial charge in [0.15, 0.2) is 5.82 Å². The van der Waals surface area contributed by atoms with E-state index in [-0.39, 0.29) is 0 Å². The Kier molecular flexibility index (Phi) is 2.24. The minimum atomic E-state index is 0.787. The molecule has 1 aromatic heterocycles. The zero-order valence-electron chi connectivity index (χ0n) is 10.4. The minimum absolute atomic E-state index is 0.787. The van der Waals surface area contributed by atoms with Gasteiger partial charge in [0, 0.05) is 17.5 Å². The molecule has 0 spiro atoms. The Hall–Kier alpha value is -2.42. The van der Waals surface area contributed by atoms with Crippen LogP contribution in [-0.2, 0) is 6.42 Å². The number of nitrogens with one attached hydrogen (secondary N) is 1. The summed E-state index contributed by atoms with van der Waals surface area (Å²) in [6, 6.07) is 16.4. The molecule has 0 amide bonds. The maximum Gasteiger partial charge on any atom is 0.162 e. The van der Waals surface area contributed by atoms with E-state index in [0.29, 0.717) is 0 Å². The Morgan fingerprint density at radius 1 is 0.895 bits per heavy atom. The van der Waals surface area contributed by atoms with Gasteiger partial charge in [-0.1, -0.05) is 42.5 Å². The van der Waals surface area contributed by atoms with Gasteiger partial charge >= 0.3 is 0 Å². The van der Waals surface area contributed by atoms with E-state index in [1.807, 2.05) is 30.3 Å². The summed E-state index contributed by atoms with van der Waals surface area (Å²) in [5.74, 6) is 1.75. The maximum atomic E-state index is 4.70. The van der Waals surface area contributed by atoms with Crippen LogP contribution >= 0.6 is 0 Å². The van der Waals surface area contributed by atoms with Crippen LogP contribution in [0.4, 0.5) is 5.82 Å². The number of hydrogen-bond donors (Lipinski definition) is 1. The van der Waals surface area contributed by atoms with Crippen LogP contribution in [0.2, 0.25) is 0 Å². The predicted octanol–water partition coefficient (Wildman–Crippen LogP) is 3.26. The number of anilines is 1. The molecule has 0 bridgehead atoms. The van der Waals surface area contributed by atoms with Crippen LogP contribution in [0, 0.1) is 0 Å². The van der Waals surface area contributed by atoms with Crippen molar-refractivity contribution in [2.24, 2.45) is 0 Å². The van der Waals surface area contributed by atoms with E-state index in [1.165, 1.54) is 10.9 Å². The molecule has 0 saturated heterocycles. The van der Waals surface area contributed by atoms with E-state index in [9.17, 15) is 0 Å². The molecule has 3 heteroatoms. The fourth-order valence-corrected chi connectivity index (χ4v) is 2.62. The smallest absolute Gasteiger partial charge is 0.162 e. The Morgan fingerprint density at radius 2 is 1.79 bits per heavy atom. The fourth-order valence-electron chi connectivity index (χ4n) is 2.62. The Balaban J connectivity index is 2.01. The molecule has 3 nitrogen and oxygen atoms in total. The third-order valence-corrected chi connectivity index (χ3v) is 3.53. The minimum Gasteiger partial charge on any atom is -0.369 e. The summed E-state index contributed by atoms with van der Waals surface area (Å²) >= 11 is 0. The molecule has 1 N–H and O–H groups in total. The first-order chi connectivity index (χ1) is 9.42. The summed E-state index contributed by atoms with van der Waals surface area (Å²) in [5, 5.41) is 4.56. The number of rotatable bonds is 1. The van der Waals surface area contributed by atoms with Gasteiger partial charge in [0.25, 0.3) is 0 Å². The van der Waals surface area contributed by atoms with Gasteiger partial charge in [0.1, 0.15) is 5.82 Å². The fraction of sp³-hybridized carbons (Fsp3) is 0.125. The molecule has 0 atom stereocenters. The van der Waals surface area contributed by atoms with Gasteiger partial charge in [-0.15, -0.1) is 0 Å². The molecule has 0 radical (unpaired) electrons. The van der Waals surface area contributed by atoms with Crippen molar-refractivity contribution in [3.8, 4) is 11.4 Å². The average molecular weight is 247 g/mol. The lowest BCUT2D eigenvalue weighted by Gasteiger charge is -2.18. The normalized spacial score (nSPS) is 13.3. The van der Waals surface area contributed by atoms with E-state index in [4.69, 9.17) is 4.98 Å². The molecule has 0 unspecified atom stereocenters. The first-order valence-electron chi connectivity index (χ1n) is 6.51. The van der Waals surface area contributed by atoms with Crippen LogP contribution in [0.25, 0.3) is 22.3 Å². The van der Waals surface area contributed by atoms with Crippen LogP contribution in [0.3, 0.4) is 0 Å². The third kappa shape index (κ3) is 1.66. The highest BCUT2D eigenvalue weighted by Gasteiger charge is 2.15. The molecule has 1 aliphatic heterocycles.